The number of carbonyl (C=O) groups excluding carboxylic acids is 2. The summed E-state index contributed by atoms with van der Waals surface area (Å²) in [6, 6.07) is 16.6. The molecule has 0 bridgehead atoms. The zero-order valence-corrected chi connectivity index (χ0v) is 19.8. The van der Waals surface area contributed by atoms with Gasteiger partial charge in [-0.2, -0.15) is 0 Å². The number of nitrogens with one attached hydrogen (secondary N) is 2. The number of hydrogen-bond acceptors (Lipinski definition) is 2. The maximum atomic E-state index is 13.7. The number of rotatable bonds is 5. The maximum Gasteiger partial charge on any atom is 0.324 e. The van der Waals surface area contributed by atoms with E-state index in [-0.39, 0.29) is 12.6 Å². The van der Waals surface area contributed by atoms with Crippen molar-refractivity contribution in [3.63, 3.8) is 0 Å². The van der Waals surface area contributed by atoms with E-state index in [1.165, 1.54) is 18.2 Å². The van der Waals surface area contributed by atoms with Gasteiger partial charge in [0.1, 0.15) is 5.82 Å². The lowest BCUT2D eigenvalue weighted by Gasteiger charge is -2.36. The van der Waals surface area contributed by atoms with Crippen molar-refractivity contribution in [1.29, 1.82) is 0 Å². The molecule has 6 nitrogen and oxygen atoms in total. The minimum Gasteiger partial charge on any atom is -0.320 e. The Balaban J connectivity index is 1.53. The van der Waals surface area contributed by atoms with Crippen LogP contribution in [0, 0.1) is 19.7 Å². The highest BCUT2D eigenvalue weighted by molar-refractivity contribution is 6.31. The van der Waals surface area contributed by atoms with Crippen molar-refractivity contribution in [1.82, 2.24) is 4.90 Å². The molecule has 0 unspecified atom stereocenters. The van der Waals surface area contributed by atoms with Crippen molar-refractivity contribution in [3.8, 4) is 0 Å². The Kier molecular flexibility index (Phi) is 7.03. The molecule has 3 aromatic rings. The third-order valence-corrected chi connectivity index (χ3v) is 6.05. The standard InChI is InChI=1S/C26H26ClFN4O2/c1-17-4-8-21(9-5-17)29-25(33)30-23-14-18(2)6-11-24(23)32-13-3-12-31(26(32)34)16-19-15-20(28)7-10-22(19)27/h4-11,14-15H,3,12-13,16H2,1-2H3,(H2,29,30,33). The number of benzene rings is 3. The highest BCUT2D eigenvalue weighted by atomic mass is 35.5. The van der Waals surface area contributed by atoms with Crippen molar-refractivity contribution in [2.24, 2.45) is 0 Å². The lowest BCUT2D eigenvalue weighted by atomic mass is 10.1. The molecule has 0 spiro atoms. The molecule has 1 aliphatic heterocycles. The fourth-order valence-corrected chi connectivity index (χ4v) is 4.11. The molecule has 8 heteroatoms. The average Bonchev–Trinajstić information content (AvgIpc) is 2.80. The molecule has 1 aliphatic rings. The molecular formula is C26H26ClFN4O2. The third kappa shape index (κ3) is 5.48. The number of anilines is 3. The van der Waals surface area contributed by atoms with Gasteiger partial charge in [-0.05, 0) is 73.9 Å². The van der Waals surface area contributed by atoms with Crippen LogP contribution in [0.25, 0.3) is 0 Å². The van der Waals surface area contributed by atoms with Gasteiger partial charge >= 0.3 is 12.1 Å². The summed E-state index contributed by atoms with van der Waals surface area (Å²) in [4.78, 5) is 29.3. The molecule has 1 heterocycles. The van der Waals surface area contributed by atoms with Gasteiger partial charge in [-0.1, -0.05) is 35.4 Å². The van der Waals surface area contributed by atoms with Gasteiger partial charge in [-0.15, -0.1) is 0 Å². The van der Waals surface area contributed by atoms with E-state index in [9.17, 15) is 14.0 Å². The Morgan fingerprint density at radius 1 is 0.971 bits per heavy atom. The Labute approximate surface area is 203 Å². The van der Waals surface area contributed by atoms with Crippen LogP contribution >= 0.6 is 11.6 Å². The van der Waals surface area contributed by atoms with Gasteiger partial charge in [0.05, 0.1) is 11.4 Å². The van der Waals surface area contributed by atoms with Gasteiger partial charge in [-0.25, -0.2) is 14.0 Å². The van der Waals surface area contributed by atoms with Gasteiger partial charge < -0.3 is 15.5 Å². The van der Waals surface area contributed by atoms with Gasteiger partial charge in [-0.3, -0.25) is 4.90 Å². The summed E-state index contributed by atoms with van der Waals surface area (Å²) in [7, 11) is 0. The first-order chi connectivity index (χ1) is 16.3. The number of nitrogens with zero attached hydrogens (tertiary/aromatic N) is 2. The van der Waals surface area contributed by atoms with Gasteiger partial charge in [0.15, 0.2) is 0 Å². The Hall–Kier alpha value is -3.58. The Morgan fingerprint density at radius 2 is 1.71 bits per heavy atom. The first kappa shape index (κ1) is 23.6. The van der Waals surface area contributed by atoms with Crippen LogP contribution in [0.1, 0.15) is 23.1 Å². The van der Waals surface area contributed by atoms with Crippen LogP contribution in [0.2, 0.25) is 5.02 Å². The van der Waals surface area contributed by atoms with Gasteiger partial charge in [0.25, 0.3) is 0 Å². The smallest absolute Gasteiger partial charge is 0.320 e. The fraction of sp³-hybridized carbons (Fsp3) is 0.231. The van der Waals surface area contributed by atoms with Crippen LogP contribution in [-0.4, -0.2) is 30.1 Å². The summed E-state index contributed by atoms with van der Waals surface area (Å²) in [6.45, 7) is 5.13. The van der Waals surface area contributed by atoms with Crippen molar-refractivity contribution < 1.29 is 14.0 Å². The molecule has 0 radical (unpaired) electrons. The lowest BCUT2D eigenvalue weighted by molar-refractivity contribution is 0.192. The molecule has 4 amide bonds. The first-order valence-corrected chi connectivity index (χ1v) is 11.4. The van der Waals surface area contributed by atoms with E-state index in [0.717, 1.165) is 17.5 Å². The fourth-order valence-electron chi connectivity index (χ4n) is 3.93. The minimum atomic E-state index is -0.399. The summed E-state index contributed by atoms with van der Waals surface area (Å²) in [5.41, 5.74) is 4.40. The zero-order chi connectivity index (χ0) is 24.2. The van der Waals surface area contributed by atoms with E-state index in [1.54, 1.807) is 9.80 Å². The summed E-state index contributed by atoms with van der Waals surface area (Å²) in [5, 5.41) is 6.11. The largest absolute Gasteiger partial charge is 0.324 e. The van der Waals surface area contributed by atoms with Crippen LogP contribution < -0.4 is 15.5 Å². The van der Waals surface area contributed by atoms with E-state index in [4.69, 9.17) is 11.6 Å². The molecule has 1 fully saturated rings. The van der Waals surface area contributed by atoms with E-state index in [2.05, 4.69) is 10.6 Å². The number of hydrogen-bond donors (Lipinski definition) is 2. The Bertz CT molecular complexity index is 1220. The summed E-state index contributed by atoms with van der Waals surface area (Å²) < 4.78 is 13.7. The van der Waals surface area contributed by atoms with Crippen LogP contribution in [0.3, 0.4) is 0 Å². The predicted molar refractivity (Wildman–Crippen MR) is 134 cm³/mol. The predicted octanol–water partition coefficient (Wildman–Crippen LogP) is 6.57. The zero-order valence-electron chi connectivity index (χ0n) is 19.1. The first-order valence-electron chi connectivity index (χ1n) is 11.1. The number of urea groups is 2. The SMILES string of the molecule is Cc1ccc(NC(=O)Nc2cc(C)ccc2N2CCCN(Cc3cc(F)ccc3Cl)C2=O)cc1. The molecule has 1 saturated heterocycles. The van der Waals surface area contributed by atoms with E-state index in [1.807, 2.05) is 56.3 Å². The second-order valence-corrected chi connectivity index (χ2v) is 8.82. The monoisotopic (exact) mass is 480 g/mol. The third-order valence-electron chi connectivity index (χ3n) is 5.68. The Morgan fingerprint density at radius 3 is 2.47 bits per heavy atom. The molecular weight excluding hydrogens is 455 g/mol. The van der Waals surface area contributed by atoms with E-state index in [0.29, 0.717) is 40.7 Å². The summed E-state index contributed by atoms with van der Waals surface area (Å²) in [5.74, 6) is -0.398. The quantitative estimate of drug-likeness (QED) is 0.433. The van der Waals surface area contributed by atoms with Crippen LogP contribution in [0.4, 0.5) is 31.0 Å². The van der Waals surface area contributed by atoms with Crippen LogP contribution in [-0.2, 0) is 6.54 Å². The topological polar surface area (TPSA) is 64.7 Å². The highest BCUT2D eigenvalue weighted by Crippen LogP contribution is 2.31. The normalized spacial score (nSPS) is 13.7. The lowest BCUT2D eigenvalue weighted by Crippen LogP contribution is -2.49. The number of carbonyl (C=O) groups is 2. The molecule has 0 aliphatic carbocycles. The van der Waals surface area contributed by atoms with Crippen molar-refractivity contribution in [2.75, 3.05) is 28.6 Å². The van der Waals surface area contributed by atoms with Crippen LogP contribution in [0.5, 0.6) is 0 Å². The average molecular weight is 481 g/mol. The van der Waals surface area contributed by atoms with E-state index >= 15 is 0 Å². The molecule has 34 heavy (non-hydrogen) atoms. The second-order valence-electron chi connectivity index (χ2n) is 8.41. The van der Waals surface area contributed by atoms with Crippen molar-refractivity contribution in [3.05, 3.63) is 88.2 Å². The molecule has 176 valence electrons. The highest BCUT2D eigenvalue weighted by Gasteiger charge is 2.29. The molecule has 0 saturated carbocycles. The second kappa shape index (κ2) is 10.1. The molecule has 0 atom stereocenters. The summed E-state index contributed by atoms with van der Waals surface area (Å²) in [6.07, 6.45) is 0.724. The number of halogens is 2. The molecule has 2 N–H and O–H groups in total. The van der Waals surface area contributed by atoms with Crippen molar-refractivity contribution >= 4 is 40.7 Å². The minimum absolute atomic E-state index is 0.203. The van der Waals surface area contributed by atoms with Gasteiger partial charge in [0.2, 0.25) is 0 Å². The van der Waals surface area contributed by atoms with Gasteiger partial charge in [0, 0.05) is 30.3 Å². The van der Waals surface area contributed by atoms with E-state index < -0.39 is 11.8 Å². The van der Waals surface area contributed by atoms with Crippen molar-refractivity contribution in [2.45, 2.75) is 26.8 Å². The van der Waals surface area contributed by atoms with Crippen LogP contribution in [0.15, 0.2) is 60.7 Å². The molecule has 3 aromatic carbocycles. The molecule has 4 rings (SSSR count). The maximum absolute atomic E-state index is 13.7. The number of amides is 4. The molecule has 0 aromatic heterocycles. The number of aryl methyl sites for hydroxylation is 2. The summed E-state index contributed by atoms with van der Waals surface area (Å²) >= 11 is 6.22.